The van der Waals surface area contributed by atoms with Crippen molar-refractivity contribution in [1.82, 2.24) is 4.98 Å². The molecule has 5 nitrogen and oxygen atoms in total. The SMILES string of the molecule is Cc1cc(C(=O)CSCCCOc2ccc(S(C)(=O)=O)cc2)c(C)[nH]1. The number of ether oxygens (including phenoxy) is 1. The number of Topliss-reactive ketones (excluding diaryl/α,β-unsaturated/α-hetero) is 1. The highest BCUT2D eigenvalue weighted by Gasteiger charge is 2.11. The van der Waals surface area contributed by atoms with Gasteiger partial charge in [-0.15, -0.1) is 0 Å². The van der Waals surface area contributed by atoms with Gasteiger partial charge in [-0.25, -0.2) is 8.42 Å². The molecule has 0 aliphatic rings. The van der Waals surface area contributed by atoms with E-state index >= 15 is 0 Å². The van der Waals surface area contributed by atoms with Crippen molar-refractivity contribution in [1.29, 1.82) is 0 Å². The number of H-pyrrole nitrogens is 1. The largest absolute Gasteiger partial charge is 0.494 e. The van der Waals surface area contributed by atoms with Gasteiger partial charge in [-0.3, -0.25) is 4.79 Å². The van der Waals surface area contributed by atoms with E-state index in [1.165, 1.54) is 6.26 Å². The van der Waals surface area contributed by atoms with Gasteiger partial charge in [0.2, 0.25) is 0 Å². The van der Waals surface area contributed by atoms with Crippen molar-refractivity contribution in [2.45, 2.75) is 25.2 Å². The van der Waals surface area contributed by atoms with Crippen molar-refractivity contribution < 1.29 is 17.9 Å². The van der Waals surface area contributed by atoms with Crippen molar-refractivity contribution in [3.05, 3.63) is 47.3 Å². The maximum atomic E-state index is 12.1. The molecule has 1 aromatic heterocycles. The quantitative estimate of drug-likeness (QED) is 0.532. The second-order valence-electron chi connectivity index (χ2n) is 5.91. The fourth-order valence-electron chi connectivity index (χ4n) is 2.39. The van der Waals surface area contributed by atoms with E-state index in [1.54, 1.807) is 36.0 Å². The molecule has 2 rings (SSSR count). The first-order chi connectivity index (χ1) is 11.8. The lowest BCUT2D eigenvalue weighted by Crippen LogP contribution is -2.05. The Morgan fingerprint density at radius 3 is 2.44 bits per heavy atom. The summed E-state index contributed by atoms with van der Waals surface area (Å²) in [4.78, 5) is 15.5. The molecule has 25 heavy (non-hydrogen) atoms. The standard InChI is InChI=1S/C18H23NO4S2/c1-13-11-17(14(2)19-13)18(20)12-24-10-4-9-23-15-5-7-16(8-6-15)25(3,21)22/h5-8,11,19H,4,9-10,12H2,1-3H3. The average molecular weight is 382 g/mol. The first kappa shape index (κ1) is 19.6. The number of hydrogen-bond acceptors (Lipinski definition) is 5. The van der Waals surface area contributed by atoms with Gasteiger partial charge in [0.15, 0.2) is 15.6 Å². The van der Waals surface area contributed by atoms with Crippen LogP contribution in [0.15, 0.2) is 35.2 Å². The van der Waals surface area contributed by atoms with Crippen LogP contribution < -0.4 is 4.74 Å². The molecule has 0 fully saturated rings. The van der Waals surface area contributed by atoms with Crippen LogP contribution >= 0.6 is 11.8 Å². The molecule has 0 amide bonds. The van der Waals surface area contributed by atoms with Gasteiger partial charge in [0.1, 0.15) is 5.75 Å². The van der Waals surface area contributed by atoms with Crippen LogP contribution in [0.5, 0.6) is 5.75 Å². The molecule has 0 radical (unpaired) electrons. The van der Waals surface area contributed by atoms with Gasteiger partial charge in [-0.1, -0.05) is 0 Å². The topological polar surface area (TPSA) is 76.2 Å². The van der Waals surface area contributed by atoms with E-state index in [0.29, 0.717) is 18.1 Å². The number of aryl methyl sites for hydroxylation is 2. The molecule has 1 N–H and O–H groups in total. The van der Waals surface area contributed by atoms with Crippen molar-refractivity contribution in [3.63, 3.8) is 0 Å². The molecule has 136 valence electrons. The van der Waals surface area contributed by atoms with Crippen molar-refractivity contribution >= 4 is 27.4 Å². The molecule has 0 aliphatic carbocycles. The van der Waals surface area contributed by atoms with Crippen LogP contribution in [0.25, 0.3) is 0 Å². The number of nitrogens with one attached hydrogen (secondary N) is 1. The molecule has 0 spiro atoms. The molecule has 0 saturated heterocycles. The summed E-state index contributed by atoms with van der Waals surface area (Å²) in [5.74, 6) is 2.08. The third-order valence-electron chi connectivity index (χ3n) is 3.64. The predicted octanol–water partition coefficient (Wildman–Crippen LogP) is 3.42. The van der Waals surface area contributed by atoms with Gasteiger partial charge in [-0.05, 0) is 56.4 Å². The van der Waals surface area contributed by atoms with Crippen LogP contribution in [0.4, 0.5) is 0 Å². The average Bonchev–Trinajstić information content (AvgIpc) is 2.88. The Bertz CT molecular complexity index is 823. The maximum absolute atomic E-state index is 12.1. The number of thioether (sulfide) groups is 1. The van der Waals surface area contributed by atoms with E-state index in [4.69, 9.17) is 4.74 Å². The monoisotopic (exact) mass is 381 g/mol. The second kappa shape index (κ2) is 8.58. The zero-order valence-electron chi connectivity index (χ0n) is 14.7. The molecule has 0 atom stereocenters. The van der Waals surface area contributed by atoms with E-state index < -0.39 is 9.84 Å². The summed E-state index contributed by atoms with van der Waals surface area (Å²) in [6, 6.07) is 8.29. The Hall–Kier alpha value is -1.73. The van der Waals surface area contributed by atoms with Gasteiger partial charge in [-0.2, -0.15) is 11.8 Å². The molecular weight excluding hydrogens is 358 g/mol. The highest BCUT2D eigenvalue weighted by Crippen LogP contribution is 2.17. The van der Waals surface area contributed by atoms with Crippen LogP contribution in [0.1, 0.15) is 28.2 Å². The fraction of sp³-hybridized carbons (Fsp3) is 0.389. The number of carbonyl (C=O) groups is 1. The number of hydrogen-bond donors (Lipinski definition) is 1. The van der Waals surface area contributed by atoms with Gasteiger partial charge in [0, 0.05) is 23.2 Å². The minimum Gasteiger partial charge on any atom is -0.494 e. The number of aromatic nitrogens is 1. The number of rotatable bonds is 9. The van der Waals surface area contributed by atoms with Crippen molar-refractivity contribution in [2.24, 2.45) is 0 Å². The minimum atomic E-state index is -3.18. The molecular formula is C18H23NO4S2. The summed E-state index contributed by atoms with van der Waals surface area (Å²) in [7, 11) is -3.18. The van der Waals surface area contributed by atoms with Crippen LogP contribution in [0, 0.1) is 13.8 Å². The lowest BCUT2D eigenvalue weighted by molar-refractivity contribution is 0.102. The van der Waals surface area contributed by atoms with Crippen molar-refractivity contribution in [3.8, 4) is 5.75 Å². The van der Waals surface area contributed by atoms with Crippen LogP contribution in [0.2, 0.25) is 0 Å². The Morgan fingerprint density at radius 1 is 1.20 bits per heavy atom. The molecule has 0 unspecified atom stereocenters. The zero-order valence-corrected chi connectivity index (χ0v) is 16.3. The van der Waals surface area contributed by atoms with Gasteiger partial charge < -0.3 is 9.72 Å². The summed E-state index contributed by atoms with van der Waals surface area (Å²) in [6.07, 6.45) is 1.99. The lowest BCUT2D eigenvalue weighted by atomic mass is 10.2. The first-order valence-electron chi connectivity index (χ1n) is 7.97. The van der Waals surface area contributed by atoms with E-state index in [2.05, 4.69) is 4.98 Å². The van der Waals surface area contributed by atoms with E-state index in [0.717, 1.165) is 29.1 Å². The minimum absolute atomic E-state index is 0.143. The Morgan fingerprint density at radius 2 is 1.88 bits per heavy atom. The number of aromatic amines is 1. The Kier molecular flexibility index (Phi) is 6.72. The van der Waals surface area contributed by atoms with E-state index in [9.17, 15) is 13.2 Å². The van der Waals surface area contributed by atoms with Crippen molar-refractivity contribution in [2.75, 3.05) is 24.4 Å². The Balaban J connectivity index is 1.66. The highest BCUT2D eigenvalue weighted by atomic mass is 32.2. The third-order valence-corrected chi connectivity index (χ3v) is 5.81. The molecule has 1 heterocycles. The summed E-state index contributed by atoms with van der Waals surface area (Å²) in [5, 5.41) is 0. The maximum Gasteiger partial charge on any atom is 0.175 e. The number of ketones is 1. The molecule has 0 bridgehead atoms. The number of sulfone groups is 1. The molecule has 7 heteroatoms. The zero-order chi connectivity index (χ0) is 18.4. The third kappa shape index (κ3) is 5.93. The normalized spacial score (nSPS) is 11.5. The molecule has 1 aromatic carbocycles. The number of benzene rings is 1. The second-order valence-corrected chi connectivity index (χ2v) is 9.03. The molecule has 2 aromatic rings. The molecule has 0 aliphatic heterocycles. The van der Waals surface area contributed by atoms with Gasteiger partial charge in [0.05, 0.1) is 17.3 Å². The molecule has 0 saturated carbocycles. The van der Waals surface area contributed by atoms with E-state index in [1.807, 2.05) is 19.9 Å². The van der Waals surface area contributed by atoms with E-state index in [-0.39, 0.29) is 10.7 Å². The first-order valence-corrected chi connectivity index (χ1v) is 11.0. The smallest absolute Gasteiger partial charge is 0.175 e. The van der Waals surface area contributed by atoms with Crippen LogP contribution in [-0.2, 0) is 9.84 Å². The lowest BCUT2D eigenvalue weighted by Gasteiger charge is -2.07. The number of carbonyl (C=O) groups excluding carboxylic acids is 1. The predicted molar refractivity (Wildman–Crippen MR) is 102 cm³/mol. The van der Waals surface area contributed by atoms with Gasteiger partial charge >= 0.3 is 0 Å². The Labute approximate surface area is 153 Å². The summed E-state index contributed by atoms with van der Waals surface area (Å²) >= 11 is 1.59. The van der Waals surface area contributed by atoms with Crippen LogP contribution in [-0.4, -0.2) is 43.6 Å². The van der Waals surface area contributed by atoms with Crippen LogP contribution in [0.3, 0.4) is 0 Å². The van der Waals surface area contributed by atoms with Gasteiger partial charge in [0.25, 0.3) is 0 Å². The summed E-state index contributed by atoms with van der Waals surface area (Å²) < 4.78 is 28.4. The summed E-state index contributed by atoms with van der Waals surface area (Å²) in [5.41, 5.74) is 2.69. The summed E-state index contributed by atoms with van der Waals surface area (Å²) in [6.45, 7) is 4.38. The highest BCUT2D eigenvalue weighted by molar-refractivity contribution is 7.99. The fourth-order valence-corrected chi connectivity index (χ4v) is 3.83.